The Labute approximate surface area is 161 Å². The molecule has 5 rings (SSSR count). The molecule has 4 aromatic rings. The predicted molar refractivity (Wildman–Crippen MR) is 96.2 cm³/mol. The van der Waals surface area contributed by atoms with Gasteiger partial charge in [-0.2, -0.15) is 0 Å². The van der Waals surface area contributed by atoms with E-state index in [4.69, 9.17) is 4.42 Å². The van der Waals surface area contributed by atoms with Gasteiger partial charge < -0.3 is 39.2 Å². The molecule has 3 heterocycles. The van der Waals surface area contributed by atoms with Crippen LogP contribution >= 0.6 is 0 Å². The van der Waals surface area contributed by atoms with E-state index in [9.17, 15) is 0 Å². The Hall–Kier alpha value is -2.38. The highest BCUT2D eigenvalue weighted by atomic mass is 127. The Kier molecular flexibility index (Phi) is 3.97. The Morgan fingerprint density at radius 1 is 1.08 bits per heavy atom. The van der Waals surface area contributed by atoms with Gasteiger partial charge in [0, 0.05) is 17.0 Å². The number of nitrogens with two attached hydrogens (primary N) is 1. The highest BCUT2D eigenvalue weighted by Gasteiger charge is 2.19. The molecule has 0 saturated heterocycles. The van der Waals surface area contributed by atoms with Gasteiger partial charge in [-0.15, -0.1) is 6.20 Å². The first-order valence-corrected chi connectivity index (χ1v) is 7.93. The van der Waals surface area contributed by atoms with E-state index < -0.39 is 0 Å². The molecule has 124 valence electrons. The summed E-state index contributed by atoms with van der Waals surface area (Å²) in [6.45, 7) is 2.10. The summed E-state index contributed by atoms with van der Waals surface area (Å²) in [5.41, 5.74) is 11.0. The van der Waals surface area contributed by atoms with Crippen molar-refractivity contribution in [3.8, 4) is 0 Å². The van der Waals surface area contributed by atoms with Gasteiger partial charge in [0.2, 0.25) is 5.71 Å². The van der Waals surface area contributed by atoms with Gasteiger partial charge in [0.25, 0.3) is 0 Å². The van der Waals surface area contributed by atoms with Crippen LogP contribution in [0.25, 0.3) is 44.0 Å². The lowest BCUT2D eigenvalue weighted by Gasteiger charge is -2.19. The summed E-state index contributed by atoms with van der Waals surface area (Å²) in [7, 11) is 0. The van der Waals surface area contributed by atoms with Gasteiger partial charge in [-0.3, -0.25) is 0 Å². The van der Waals surface area contributed by atoms with Crippen molar-refractivity contribution in [3.63, 3.8) is 0 Å². The molecule has 0 radical (unpaired) electrons. The number of fused-ring (bicyclic) bond motifs is 5. The van der Waals surface area contributed by atoms with Crippen molar-refractivity contribution in [2.45, 2.75) is 6.92 Å². The molecule has 2 aromatic carbocycles. The Bertz CT molecular complexity index is 1170. The minimum absolute atomic E-state index is 0. The Morgan fingerprint density at radius 2 is 1.96 bits per heavy atom. The fraction of sp³-hybridized carbons (Fsp3) is 0.0500. The lowest BCUT2D eigenvalue weighted by Crippen LogP contribution is -3.00. The summed E-state index contributed by atoms with van der Waals surface area (Å²) < 4.78 is 6.19. The van der Waals surface area contributed by atoms with E-state index in [2.05, 4.69) is 53.7 Å². The largest absolute Gasteiger partial charge is 1.00 e. The van der Waals surface area contributed by atoms with E-state index in [-0.39, 0.29) is 24.0 Å². The zero-order valence-corrected chi connectivity index (χ0v) is 15.7. The Balaban J connectivity index is 0.00000157. The number of aromatic nitrogens is 1. The van der Waals surface area contributed by atoms with Gasteiger partial charge in [0.1, 0.15) is 5.70 Å². The van der Waals surface area contributed by atoms with Crippen molar-refractivity contribution >= 4 is 38.5 Å². The molecule has 5 heteroatoms. The SMILES string of the molecule is Cc1ccc2c(oc3ncc4ccccc4c32)c1C1=CC=C[N-][NH2+]1.[I-]. The van der Waals surface area contributed by atoms with Crippen LogP contribution in [0.5, 0.6) is 0 Å². The zero-order valence-electron chi connectivity index (χ0n) is 13.5. The third kappa shape index (κ3) is 2.42. The molecule has 0 amide bonds. The maximum atomic E-state index is 6.19. The van der Waals surface area contributed by atoms with Crippen molar-refractivity contribution in [1.29, 1.82) is 0 Å². The second-order valence-corrected chi connectivity index (χ2v) is 6.00. The summed E-state index contributed by atoms with van der Waals surface area (Å²) in [5.74, 6) is 0. The van der Waals surface area contributed by atoms with Crippen LogP contribution in [0.1, 0.15) is 11.1 Å². The lowest BCUT2D eigenvalue weighted by atomic mass is 10.00. The third-order valence-electron chi connectivity index (χ3n) is 4.55. The third-order valence-corrected chi connectivity index (χ3v) is 4.55. The van der Waals surface area contributed by atoms with Gasteiger partial charge in [-0.05, 0) is 23.9 Å². The average molecular weight is 440 g/mol. The van der Waals surface area contributed by atoms with Crippen molar-refractivity contribution in [3.05, 3.63) is 77.5 Å². The molecule has 0 fully saturated rings. The van der Waals surface area contributed by atoms with E-state index in [0.29, 0.717) is 5.71 Å². The smallest absolute Gasteiger partial charge is 0.227 e. The van der Waals surface area contributed by atoms with Crippen LogP contribution in [0.15, 0.2) is 65.4 Å². The molecule has 1 aliphatic rings. The molecule has 25 heavy (non-hydrogen) atoms. The number of pyridine rings is 1. The van der Waals surface area contributed by atoms with Crippen molar-refractivity contribution in [1.82, 2.24) is 4.98 Å². The van der Waals surface area contributed by atoms with Crippen LogP contribution in [-0.2, 0) is 0 Å². The quantitative estimate of drug-likeness (QED) is 0.357. The van der Waals surface area contributed by atoms with Crippen LogP contribution in [-0.4, -0.2) is 4.98 Å². The second kappa shape index (κ2) is 6.16. The number of hydrogen-bond acceptors (Lipinski definition) is 2. The fourth-order valence-corrected chi connectivity index (χ4v) is 3.43. The van der Waals surface area contributed by atoms with Gasteiger partial charge >= 0.3 is 0 Å². The van der Waals surface area contributed by atoms with Gasteiger partial charge in [-0.1, -0.05) is 42.5 Å². The number of benzene rings is 2. The monoisotopic (exact) mass is 440 g/mol. The highest BCUT2D eigenvalue weighted by molar-refractivity contribution is 6.18. The number of furan rings is 1. The number of aryl methyl sites for hydroxylation is 1. The molecule has 1 aliphatic heterocycles. The van der Waals surface area contributed by atoms with Crippen LogP contribution in [0.2, 0.25) is 0 Å². The van der Waals surface area contributed by atoms with E-state index >= 15 is 0 Å². The number of rotatable bonds is 1. The molecular formula is C20H15IN3O-. The molecule has 2 aromatic heterocycles. The van der Waals surface area contributed by atoms with Gasteiger partial charge in [-0.25, -0.2) is 4.98 Å². The van der Waals surface area contributed by atoms with E-state index in [1.165, 1.54) is 10.9 Å². The Morgan fingerprint density at radius 3 is 2.80 bits per heavy atom. The maximum absolute atomic E-state index is 6.19. The summed E-state index contributed by atoms with van der Waals surface area (Å²) in [5, 5.41) is 4.46. The van der Waals surface area contributed by atoms with E-state index in [1.807, 2.05) is 23.8 Å². The van der Waals surface area contributed by atoms with Crippen LogP contribution in [0.4, 0.5) is 0 Å². The van der Waals surface area contributed by atoms with Crippen LogP contribution in [0.3, 0.4) is 0 Å². The molecule has 0 saturated carbocycles. The summed E-state index contributed by atoms with van der Waals surface area (Å²) >= 11 is 0. The molecule has 0 unspecified atom stereocenters. The minimum Gasteiger partial charge on any atom is -1.00 e. The van der Waals surface area contributed by atoms with Gasteiger partial charge in [0.15, 0.2) is 5.58 Å². The van der Waals surface area contributed by atoms with Crippen LogP contribution in [0, 0.1) is 6.92 Å². The molecule has 0 aliphatic carbocycles. The van der Waals surface area contributed by atoms with Crippen molar-refractivity contribution < 1.29 is 33.8 Å². The van der Waals surface area contributed by atoms with Gasteiger partial charge in [0.05, 0.1) is 10.9 Å². The fourth-order valence-electron chi connectivity index (χ4n) is 3.43. The molecule has 4 nitrogen and oxygen atoms in total. The topological polar surface area (TPSA) is 56.7 Å². The molecule has 0 atom stereocenters. The maximum Gasteiger partial charge on any atom is 0.227 e. The predicted octanol–water partition coefficient (Wildman–Crippen LogP) is 1.17. The van der Waals surface area contributed by atoms with Crippen molar-refractivity contribution in [2.75, 3.05) is 0 Å². The average Bonchev–Trinajstić information content (AvgIpc) is 3.01. The van der Waals surface area contributed by atoms with Crippen LogP contribution < -0.4 is 29.4 Å². The van der Waals surface area contributed by atoms with Crippen molar-refractivity contribution in [2.24, 2.45) is 0 Å². The molecule has 0 bridgehead atoms. The standard InChI is InChI=1S/C20H15N3O.HI/c1-12-8-9-15-18-14-6-3-2-5-13(14)11-21-20(18)24-19(15)17(12)16-7-4-10-22-23-16;/h2-11H,23H2,1H3;1H/p-1. The van der Waals surface area contributed by atoms with E-state index in [0.717, 1.165) is 33.0 Å². The summed E-state index contributed by atoms with van der Waals surface area (Å²) in [6, 6.07) is 12.6. The first kappa shape index (κ1) is 16.1. The molecule has 0 spiro atoms. The second-order valence-electron chi connectivity index (χ2n) is 6.00. The summed E-state index contributed by atoms with van der Waals surface area (Å²) in [4.78, 5) is 4.53. The number of quaternary nitrogens is 1. The molecule has 2 N–H and O–H groups in total. The number of halogens is 1. The van der Waals surface area contributed by atoms with E-state index in [1.54, 1.807) is 6.20 Å². The number of allylic oxidation sites excluding steroid dienone is 2. The lowest BCUT2D eigenvalue weighted by molar-refractivity contribution is -0.505. The first-order chi connectivity index (χ1) is 11.8. The summed E-state index contributed by atoms with van der Waals surface area (Å²) in [6.07, 6.45) is 7.67. The number of nitrogens with zero attached hydrogens (tertiary/aromatic N) is 2. The molecular weight excluding hydrogens is 425 g/mol. The normalized spacial score (nSPS) is 13.7. The number of hydrogen-bond donors (Lipinski definition) is 1. The minimum atomic E-state index is 0. The highest BCUT2D eigenvalue weighted by Crippen LogP contribution is 2.37. The zero-order chi connectivity index (χ0) is 16.1. The first-order valence-electron chi connectivity index (χ1n) is 7.93.